The van der Waals surface area contributed by atoms with Crippen molar-refractivity contribution in [1.29, 1.82) is 0 Å². The minimum Gasteiger partial charge on any atom is -0.334 e. The van der Waals surface area contributed by atoms with Crippen LogP contribution < -0.4 is 0 Å². The van der Waals surface area contributed by atoms with E-state index in [0.717, 1.165) is 42.5 Å². The quantitative estimate of drug-likeness (QED) is 0.542. The summed E-state index contributed by atoms with van der Waals surface area (Å²) in [5.41, 5.74) is 2.56. The Morgan fingerprint density at radius 1 is 1.19 bits per heavy atom. The Bertz CT molecular complexity index is 1030. The molecule has 32 heavy (non-hydrogen) atoms. The topological polar surface area (TPSA) is 72.3 Å². The highest BCUT2D eigenvalue weighted by molar-refractivity contribution is 7.90. The number of carbonyl (C=O) groups excluding carboxylic acids is 1. The first-order chi connectivity index (χ1) is 15.1. The fraction of sp³-hybridized carbons (Fsp3) is 0.600. The summed E-state index contributed by atoms with van der Waals surface area (Å²) >= 11 is 0. The maximum absolute atomic E-state index is 13.3. The van der Waals surface area contributed by atoms with Gasteiger partial charge in [0, 0.05) is 18.5 Å². The molecule has 3 rings (SSSR count). The third kappa shape index (κ3) is 5.80. The second-order valence-corrected chi connectivity index (χ2v) is 11.7. The molecule has 1 amide bonds. The van der Waals surface area contributed by atoms with Gasteiger partial charge in [-0.25, -0.2) is 13.4 Å². The summed E-state index contributed by atoms with van der Waals surface area (Å²) in [6.07, 6.45) is 5.75. The summed E-state index contributed by atoms with van der Waals surface area (Å²) in [6, 6.07) is 7.60. The molecule has 1 saturated carbocycles. The van der Waals surface area contributed by atoms with Gasteiger partial charge in [-0.3, -0.25) is 4.79 Å². The summed E-state index contributed by atoms with van der Waals surface area (Å²) in [6.45, 7) is 11.0. The van der Waals surface area contributed by atoms with E-state index in [1.54, 1.807) is 6.20 Å². The molecule has 0 radical (unpaired) electrons. The Morgan fingerprint density at radius 2 is 1.88 bits per heavy atom. The number of hydrogen-bond acceptors (Lipinski definition) is 4. The van der Waals surface area contributed by atoms with E-state index in [-0.39, 0.29) is 34.7 Å². The van der Waals surface area contributed by atoms with E-state index in [4.69, 9.17) is 0 Å². The van der Waals surface area contributed by atoms with Gasteiger partial charge in [0.15, 0.2) is 0 Å². The van der Waals surface area contributed by atoms with E-state index in [0.29, 0.717) is 13.1 Å². The summed E-state index contributed by atoms with van der Waals surface area (Å²) in [5, 5.41) is 0.0970. The van der Waals surface area contributed by atoms with Gasteiger partial charge in [0.2, 0.25) is 20.9 Å². The number of amides is 1. The third-order valence-electron chi connectivity index (χ3n) is 6.11. The fourth-order valence-corrected chi connectivity index (χ4v) is 6.00. The molecule has 2 aromatic rings. The highest BCUT2D eigenvalue weighted by Gasteiger charge is 2.31. The zero-order valence-electron chi connectivity index (χ0n) is 20.0. The molecule has 1 aromatic heterocycles. The van der Waals surface area contributed by atoms with Crippen LogP contribution in [0.5, 0.6) is 0 Å². The van der Waals surface area contributed by atoms with E-state index in [1.165, 1.54) is 0 Å². The number of rotatable bonds is 9. The van der Waals surface area contributed by atoms with Crippen LogP contribution in [-0.4, -0.2) is 34.8 Å². The molecule has 0 bridgehead atoms. The average molecular weight is 460 g/mol. The van der Waals surface area contributed by atoms with Crippen molar-refractivity contribution in [2.75, 3.05) is 0 Å². The number of carbonyl (C=O) groups is 1. The smallest absolute Gasteiger partial charge is 0.228 e. The van der Waals surface area contributed by atoms with Gasteiger partial charge in [-0.2, -0.15) is 0 Å². The van der Waals surface area contributed by atoms with Crippen LogP contribution in [0.1, 0.15) is 70.2 Å². The van der Waals surface area contributed by atoms with Gasteiger partial charge in [-0.05, 0) is 45.1 Å². The molecule has 0 N–H and O–H groups in total. The molecule has 0 unspecified atom stereocenters. The standard InChI is InChI=1S/C25H37N3O3S/c1-18(2)15-28-23(16-27(19(3)4)24(29)22-11-6-7-12-22)14-26-25(28)32(30,31)17-21-10-8-9-20(5)13-21/h8-10,13-14,18-19,22H,6-7,11-12,15-17H2,1-5H3. The first kappa shape index (κ1) is 24.5. The van der Waals surface area contributed by atoms with Crippen LogP contribution in [0.4, 0.5) is 0 Å². The van der Waals surface area contributed by atoms with Crippen molar-refractivity contribution in [3.8, 4) is 0 Å². The number of nitrogens with zero attached hydrogens (tertiary/aromatic N) is 3. The lowest BCUT2D eigenvalue weighted by Crippen LogP contribution is -2.40. The second kappa shape index (κ2) is 10.2. The molecule has 0 aliphatic heterocycles. The largest absolute Gasteiger partial charge is 0.334 e. The van der Waals surface area contributed by atoms with E-state index in [1.807, 2.05) is 54.5 Å². The van der Waals surface area contributed by atoms with Crippen molar-refractivity contribution in [2.24, 2.45) is 11.8 Å². The Kier molecular flexibility index (Phi) is 7.80. The van der Waals surface area contributed by atoms with Crippen LogP contribution in [0.2, 0.25) is 0 Å². The summed E-state index contributed by atoms with van der Waals surface area (Å²) in [4.78, 5) is 19.4. The number of imidazole rings is 1. The van der Waals surface area contributed by atoms with Crippen LogP contribution >= 0.6 is 0 Å². The van der Waals surface area contributed by atoms with Crippen LogP contribution in [-0.2, 0) is 33.5 Å². The molecule has 7 heteroatoms. The molecule has 1 aromatic carbocycles. The first-order valence-electron chi connectivity index (χ1n) is 11.7. The Labute approximate surface area is 193 Å². The van der Waals surface area contributed by atoms with Crippen molar-refractivity contribution >= 4 is 15.7 Å². The Balaban J connectivity index is 1.92. The van der Waals surface area contributed by atoms with Crippen LogP contribution in [0.25, 0.3) is 0 Å². The van der Waals surface area contributed by atoms with Gasteiger partial charge < -0.3 is 9.47 Å². The number of aromatic nitrogens is 2. The lowest BCUT2D eigenvalue weighted by atomic mass is 10.1. The van der Waals surface area contributed by atoms with Gasteiger partial charge in [0.25, 0.3) is 0 Å². The second-order valence-electron chi connectivity index (χ2n) is 9.83. The minimum atomic E-state index is -3.63. The molecule has 176 valence electrons. The fourth-order valence-electron chi connectivity index (χ4n) is 4.51. The molecule has 0 atom stereocenters. The lowest BCUT2D eigenvalue weighted by Gasteiger charge is -2.30. The van der Waals surface area contributed by atoms with Gasteiger partial charge in [0.1, 0.15) is 0 Å². The number of sulfone groups is 1. The zero-order chi connectivity index (χ0) is 23.5. The van der Waals surface area contributed by atoms with Crippen molar-refractivity contribution < 1.29 is 13.2 Å². The lowest BCUT2D eigenvalue weighted by molar-refractivity contribution is -0.137. The monoisotopic (exact) mass is 459 g/mol. The molecule has 1 aliphatic carbocycles. The van der Waals surface area contributed by atoms with E-state index in [2.05, 4.69) is 18.8 Å². The zero-order valence-corrected chi connectivity index (χ0v) is 20.9. The molecule has 1 fully saturated rings. The predicted molar refractivity (Wildman–Crippen MR) is 127 cm³/mol. The SMILES string of the molecule is Cc1cccc(CS(=O)(=O)c2ncc(CN(C(=O)C3CCCC3)C(C)C)n2CC(C)C)c1. The van der Waals surface area contributed by atoms with Crippen LogP contribution in [0, 0.1) is 18.8 Å². The number of benzene rings is 1. The van der Waals surface area contributed by atoms with E-state index < -0.39 is 9.84 Å². The van der Waals surface area contributed by atoms with Gasteiger partial charge in [0.05, 0.1) is 24.2 Å². The normalized spacial score (nSPS) is 15.1. The maximum atomic E-state index is 13.3. The molecular formula is C25H37N3O3S. The Morgan fingerprint density at radius 3 is 2.47 bits per heavy atom. The van der Waals surface area contributed by atoms with Gasteiger partial charge >= 0.3 is 0 Å². The predicted octanol–water partition coefficient (Wildman–Crippen LogP) is 4.75. The molecule has 0 saturated heterocycles. The molecule has 6 nitrogen and oxygen atoms in total. The molecule has 1 aliphatic rings. The Hall–Kier alpha value is -2.15. The maximum Gasteiger partial charge on any atom is 0.228 e. The third-order valence-corrected chi connectivity index (χ3v) is 7.71. The van der Waals surface area contributed by atoms with Crippen molar-refractivity contribution in [2.45, 2.75) is 90.3 Å². The summed E-state index contributed by atoms with van der Waals surface area (Å²) < 4.78 is 28.5. The highest BCUT2D eigenvalue weighted by Crippen LogP contribution is 2.28. The van der Waals surface area contributed by atoms with Crippen molar-refractivity contribution in [3.05, 3.63) is 47.3 Å². The molecule has 0 spiro atoms. The van der Waals surface area contributed by atoms with Crippen molar-refractivity contribution in [3.63, 3.8) is 0 Å². The first-order valence-corrected chi connectivity index (χ1v) is 13.4. The highest BCUT2D eigenvalue weighted by atomic mass is 32.2. The van der Waals surface area contributed by atoms with Gasteiger partial charge in [-0.15, -0.1) is 0 Å². The molecule has 1 heterocycles. The minimum absolute atomic E-state index is 0.0397. The van der Waals surface area contributed by atoms with Crippen LogP contribution in [0.15, 0.2) is 35.6 Å². The summed E-state index contributed by atoms with van der Waals surface area (Å²) in [5.74, 6) is 0.425. The number of aryl methyl sites for hydroxylation is 1. The molecular weight excluding hydrogens is 422 g/mol. The summed E-state index contributed by atoms with van der Waals surface area (Å²) in [7, 11) is -3.63. The van der Waals surface area contributed by atoms with E-state index in [9.17, 15) is 13.2 Å². The van der Waals surface area contributed by atoms with Gasteiger partial charge in [-0.1, -0.05) is 56.5 Å². The average Bonchev–Trinajstić information content (AvgIpc) is 3.35. The van der Waals surface area contributed by atoms with Crippen molar-refractivity contribution in [1.82, 2.24) is 14.5 Å². The van der Waals surface area contributed by atoms with Crippen LogP contribution in [0.3, 0.4) is 0 Å². The number of hydrogen-bond donors (Lipinski definition) is 0. The van der Waals surface area contributed by atoms with E-state index >= 15 is 0 Å².